The van der Waals surface area contributed by atoms with E-state index in [4.69, 9.17) is 11.6 Å². The van der Waals surface area contributed by atoms with Crippen LogP contribution in [-0.2, 0) is 6.54 Å². The molecule has 0 saturated carbocycles. The lowest BCUT2D eigenvalue weighted by Gasteiger charge is -2.34. The Kier molecular flexibility index (Phi) is 5.20. The molecule has 1 aliphatic rings. The van der Waals surface area contributed by atoms with Gasteiger partial charge in [-0.3, -0.25) is 14.5 Å². The molecule has 0 aliphatic carbocycles. The summed E-state index contributed by atoms with van der Waals surface area (Å²) in [6.45, 7) is 5.33. The van der Waals surface area contributed by atoms with Gasteiger partial charge in [0.15, 0.2) is 0 Å². The van der Waals surface area contributed by atoms with Crippen LogP contribution in [0.1, 0.15) is 21.5 Å². The predicted molar refractivity (Wildman–Crippen MR) is 112 cm³/mol. The molecule has 1 saturated heterocycles. The number of carbonyl (C=O) groups excluding carboxylic acids is 1. The van der Waals surface area contributed by atoms with Gasteiger partial charge in [0.1, 0.15) is 0 Å². The third kappa shape index (κ3) is 3.96. The highest BCUT2D eigenvalue weighted by molar-refractivity contribution is 6.30. The van der Waals surface area contributed by atoms with E-state index in [0.29, 0.717) is 30.2 Å². The zero-order valence-electron chi connectivity index (χ0n) is 15.7. The molecule has 1 aliphatic heterocycles. The summed E-state index contributed by atoms with van der Waals surface area (Å²) in [5.41, 5.74) is 3.31. The summed E-state index contributed by atoms with van der Waals surface area (Å²) in [5, 5.41) is 1.60. The molecule has 1 aromatic heterocycles. The number of nitrogens with one attached hydrogen (secondary N) is 1. The van der Waals surface area contributed by atoms with Crippen LogP contribution in [0.25, 0.3) is 10.9 Å². The van der Waals surface area contributed by atoms with Crippen LogP contribution < -0.4 is 5.56 Å². The number of pyridine rings is 1. The molecule has 4 rings (SSSR count). The zero-order valence-corrected chi connectivity index (χ0v) is 16.5. The van der Waals surface area contributed by atoms with E-state index in [0.717, 1.165) is 35.1 Å². The Morgan fingerprint density at radius 2 is 1.86 bits per heavy atom. The number of H-pyrrole nitrogens is 1. The van der Waals surface area contributed by atoms with Crippen molar-refractivity contribution < 1.29 is 4.79 Å². The van der Waals surface area contributed by atoms with Crippen LogP contribution in [0.5, 0.6) is 0 Å². The Labute approximate surface area is 168 Å². The first kappa shape index (κ1) is 18.7. The topological polar surface area (TPSA) is 56.4 Å². The van der Waals surface area contributed by atoms with Crippen molar-refractivity contribution >= 4 is 28.4 Å². The van der Waals surface area contributed by atoms with Gasteiger partial charge in [0, 0.05) is 54.4 Å². The molecule has 0 radical (unpaired) electrons. The number of fused-ring (bicyclic) bond motifs is 1. The Balaban J connectivity index is 1.42. The van der Waals surface area contributed by atoms with Crippen molar-refractivity contribution in [2.75, 3.05) is 26.2 Å². The largest absolute Gasteiger partial charge is 0.336 e. The minimum absolute atomic E-state index is 0.000993. The van der Waals surface area contributed by atoms with E-state index < -0.39 is 0 Å². The summed E-state index contributed by atoms with van der Waals surface area (Å²) in [6, 6.07) is 15.1. The number of aryl methyl sites for hydroxylation is 1. The first-order valence-corrected chi connectivity index (χ1v) is 9.77. The molecule has 3 aromatic rings. The molecular weight excluding hydrogens is 374 g/mol. The minimum atomic E-state index is -0.0458. The lowest BCUT2D eigenvalue weighted by molar-refractivity contribution is 0.0628. The summed E-state index contributed by atoms with van der Waals surface area (Å²) in [6.07, 6.45) is 0. The van der Waals surface area contributed by atoms with Crippen molar-refractivity contribution in [1.82, 2.24) is 14.8 Å². The number of halogens is 1. The van der Waals surface area contributed by atoms with E-state index in [1.807, 2.05) is 36.1 Å². The van der Waals surface area contributed by atoms with Crippen molar-refractivity contribution in [3.8, 4) is 0 Å². The van der Waals surface area contributed by atoms with E-state index in [1.165, 1.54) is 0 Å². The molecule has 0 unspecified atom stereocenters. The third-order valence-corrected chi connectivity index (χ3v) is 5.44. The average molecular weight is 396 g/mol. The number of amides is 1. The van der Waals surface area contributed by atoms with Crippen molar-refractivity contribution in [2.45, 2.75) is 13.5 Å². The fourth-order valence-corrected chi connectivity index (χ4v) is 3.82. The van der Waals surface area contributed by atoms with Crippen LogP contribution in [0.15, 0.2) is 53.3 Å². The van der Waals surface area contributed by atoms with Gasteiger partial charge in [-0.05, 0) is 48.2 Å². The standard InChI is InChI=1S/C22H22ClN3O2/c1-15-5-6-16-12-18(21(27)24-20(16)11-15)14-25-7-9-26(10-8-25)22(28)17-3-2-4-19(23)13-17/h2-6,11-13H,7-10,14H2,1H3,(H,24,27). The van der Waals surface area contributed by atoms with Gasteiger partial charge in [-0.25, -0.2) is 0 Å². The fraction of sp³-hybridized carbons (Fsp3) is 0.273. The highest BCUT2D eigenvalue weighted by Gasteiger charge is 2.23. The van der Waals surface area contributed by atoms with Gasteiger partial charge in [0.25, 0.3) is 11.5 Å². The highest BCUT2D eigenvalue weighted by Crippen LogP contribution is 2.16. The lowest BCUT2D eigenvalue weighted by Crippen LogP contribution is -2.48. The van der Waals surface area contributed by atoms with Crippen LogP contribution in [-0.4, -0.2) is 46.9 Å². The summed E-state index contributed by atoms with van der Waals surface area (Å²) in [5.74, 6) is 0.000993. The maximum absolute atomic E-state index is 12.6. The van der Waals surface area contributed by atoms with Crippen LogP contribution in [0, 0.1) is 6.92 Å². The SMILES string of the molecule is Cc1ccc2cc(CN3CCN(C(=O)c4cccc(Cl)c4)CC3)c(=O)[nH]c2c1. The number of rotatable bonds is 3. The van der Waals surface area contributed by atoms with Crippen molar-refractivity contribution in [3.05, 3.63) is 80.6 Å². The van der Waals surface area contributed by atoms with Gasteiger partial charge in [0.2, 0.25) is 0 Å². The highest BCUT2D eigenvalue weighted by atomic mass is 35.5. The quantitative estimate of drug-likeness (QED) is 0.739. The van der Waals surface area contributed by atoms with Gasteiger partial charge in [-0.15, -0.1) is 0 Å². The maximum atomic E-state index is 12.6. The monoisotopic (exact) mass is 395 g/mol. The van der Waals surface area contributed by atoms with Crippen LogP contribution in [0.2, 0.25) is 5.02 Å². The molecule has 0 bridgehead atoms. The number of aromatic nitrogens is 1. The second kappa shape index (κ2) is 7.78. The van der Waals surface area contributed by atoms with Crippen molar-refractivity contribution in [3.63, 3.8) is 0 Å². The van der Waals surface area contributed by atoms with Crippen LogP contribution in [0.3, 0.4) is 0 Å². The number of hydrogen-bond acceptors (Lipinski definition) is 3. The molecule has 0 atom stereocenters. The van der Waals surface area contributed by atoms with E-state index >= 15 is 0 Å². The Bertz CT molecular complexity index is 1080. The Hall–Kier alpha value is -2.63. The number of benzene rings is 2. The number of piperazine rings is 1. The van der Waals surface area contributed by atoms with Gasteiger partial charge in [-0.2, -0.15) is 0 Å². The average Bonchev–Trinajstić information content (AvgIpc) is 2.69. The predicted octanol–water partition coefficient (Wildman–Crippen LogP) is 3.45. The summed E-state index contributed by atoms with van der Waals surface area (Å²) < 4.78 is 0. The second-order valence-corrected chi connectivity index (χ2v) is 7.73. The third-order valence-electron chi connectivity index (χ3n) is 5.20. The first-order valence-electron chi connectivity index (χ1n) is 9.39. The molecule has 0 spiro atoms. The summed E-state index contributed by atoms with van der Waals surface area (Å²) in [4.78, 5) is 32.1. The Morgan fingerprint density at radius 3 is 2.61 bits per heavy atom. The number of aromatic amines is 1. The van der Waals surface area contributed by atoms with E-state index in [2.05, 4.69) is 9.88 Å². The Morgan fingerprint density at radius 1 is 1.07 bits per heavy atom. The molecule has 2 aromatic carbocycles. The minimum Gasteiger partial charge on any atom is -0.336 e. The lowest BCUT2D eigenvalue weighted by atomic mass is 10.1. The fourth-order valence-electron chi connectivity index (χ4n) is 3.63. The van der Waals surface area contributed by atoms with Gasteiger partial charge in [-0.1, -0.05) is 29.8 Å². The van der Waals surface area contributed by atoms with Gasteiger partial charge in [0.05, 0.1) is 0 Å². The summed E-state index contributed by atoms with van der Waals surface area (Å²) >= 11 is 5.99. The maximum Gasteiger partial charge on any atom is 0.253 e. The number of hydrogen-bond donors (Lipinski definition) is 1. The van der Waals surface area contributed by atoms with Crippen molar-refractivity contribution in [2.24, 2.45) is 0 Å². The molecule has 5 nitrogen and oxygen atoms in total. The molecule has 6 heteroatoms. The van der Waals surface area contributed by atoms with E-state index in [9.17, 15) is 9.59 Å². The molecule has 1 N–H and O–H groups in total. The molecular formula is C22H22ClN3O2. The zero-order chi connectivity index (χ0) is 19.7. The molecule has 144 valence electrons. The molecule has 2 heterocycles. The van der Waals surface area contributed by atoms with E-state index in [1.54, 1.807) is 24.3 Å². The van der Waals surface area contributed by atoms with Gasteiger partial charge >= 0.3 is 0 Å². The van der Waals surface area contributed by atoms with Crippen molar-refractivity contribution in [1.29, 1.82) is 0 Å². The van der Waals surface area contributed by atoms with Crippen LogP contribution >= 0.6 is 11.6 Å². The molecule has 28 heavy (non-hydrogen) atoms. The number of nitrogens with zero attached hydrogens (tertiary/aromatic N) is 2. The first-order chi connectivity index (χ1) is 13.5. The normalized spacial score (nSPS) is 15.1. The molecule has 1 fully saturated rings. The second-order valence-electron chi connectivity index (χ2n) is 7.29. The molecule has 1 amide bonds. The summed E-state index contributed by atoms with van der Waals surface area (Å²) in [7, 11) is 0. The van der Waals surface area contributed by atoms with Gasteiger partial charge < -0.3 is 9.88 Å². The number of carbonyl (C=O) groups is 1. The van der Waals surface area contributed by atoms with E-state index in [-0.39, 0.29) is 11.5 Å². The van der Waals surface area contributed by atoms with Crippen LogP contribution in [0.4, 0.5) is 0 Å². The smallest absolute Gasteiger partial charge is 0.253 e.